The summed E-state index contributed by atoms with van der Waals surface area (Å²) >= 11 is 0. The number of carbonyl (C=O) groups is 1. The van der Waals surface area contributed by atoms with Crippen molar-refractivity contribution in [3.63, 3.8) is 0 Å². The fourth-order valence-electron chi connectivity index (χ4n) is 6.29. The molecule has 47 heavy (non-hydrogen) atoms. The van der Waals surface area contributed by atoms with Crippen LogP contribution in [0.2, 0.25) is 0 Å². The van der Waals surface area contributed by atoms with E-state index in [1.807, 2.05) is 49.6 Å². The molecule has 0 aliphatic rings. The van der Waals surface area contributed by atoms with E-state index in [4.69, 9.17) is 0 Å². The molecule has 12 heteroatoms. The van der Waals surface area contributed by atoms with Crippen LogP contribution in [0.1, 0.15) is 137 Å². The summed E-state index contributed by atoms with van der Waals surface area (Å²) in [6.45, 7) is 10.3. The van der Waals surface area contributed by atoms with Crippen molar-refractivity contribution >= 4 is 28.2 Å². The fourth-order valence-corrected chi connectivity index (χ4v) is 6.29. The molecule has 4 aromatic heterocycles. The Morgan fingerprint density at radius 3 is 2.11 bits per heavy atom. The predicted octanol–water partition coefficient (Wildman–Crippen LogP) is 5.63. The number of aromatic amines is 1. The van der Waals surface area contributed by atoms with Crippen LogP contribution in [0.25, 0.3) is 22.3 Å². The molecule has 5 aromatic rings. The first-order valence-electron chi connectivity index (χ1n) is 17.3. The molecule has 5 N–H and O–H groups in total. The average Bonchev–Trinajstić information content (AvgIpc) is 3.74. The van der Waals surface area contributed by atoms with Gasteiger partial charge in [0.2, 0.25) is 0 Å². The minimum Gasteiger partial charge on any atom is -0.387 e. The van der Waals surface area contributed by atoms with Crippen molar-refractivity contribution < 1.29 is 24.7 Å². The Balaban J connectivity index is 0.000000258. The smallest absolute Gasteiger partial charge is 0.330 e. The molecule has 0 spiro atoms. The molecule has 12 nitrogen and oxygen atoms in total. The highest BCUT2D eigenvalue weighted by Crippen LogP contribution is 2.24. The zero-order chi connectivity index (χ0) is 34.1. The van der Waals surface area contributed by atoms with Crippen LogP contribution in [0, 0.1) is 20.8 Å². The summed E-state index contributed by atoms with van der Waals surface area (Å²) in [5, 5.41) is 39.7. The number of hydrogen-bond acceptors (Lipinski definition) is 6. The molecule has 0 fully saturated rings. The number of aliphatic hydroxyl groups is 3. The second kappa shape index (κ2) is 16.9. The molecule has 1 amide bonds. The minimum absolute atomic E-state index is 0.166. The lowest BCUT2D eigenvalue weighted by molar-refractivity contribution is -0.649. The molecular formula is C35H55N8O4+. The number of carbonyl (C=O) groups excluding carboxylic acids is 1. The number of fused-ring (bicyclic) bond motifs is 4. The molecular weight excluding hydrogens is 596 g/mol. The van der Waals surface area contributed by atoms with E-state index in [0.29, 0.717) is 12.2 Å². The van der Waals surface area contributed by atoms with E-state index >= 15 is 0 Å². The molecule has 0 aliphatic heterocycles. The molecule has 1 aromatic carbocycles. The van der Waals surface area contributed by atoms with Gasteiger partial charge in [-0.05, 0) is 50.9 Å². The number of benzene rings is 1. The Hall–Kier alpha value is -3.74. The van der Waals surface area contributed by atoms with Gasteiger partial charge < -0.3 is 20.6 Å². The van der Waals surface area contributed by atoms with Crippen LogP contribution in [0.3, 0.4) is 0 Å². The number of amides is 1. The van der Waals surface area contributed by atoms with Crippen molar-refractivity contribution in [2.45, 2.75) is 124 Å². The highest BCUT2D eigenvalue weighted by atomic mass is 16.5. The van der Waals surface area contributed by atoms with Gasteiger partial charge in [-0.2, -0.15) is 0 Å². The first-order chi connectivity index (χ1) is 22.6. The third-order valence-electron chi connectivity index (χ3n) is 9.06. The largest absolute Gasteiger partial charge is 0.387 e. The van der Waals surface area contributed by atoms with E-state index in [2.05, 4.69) is 27.4 Å². The SMILES string of the molecule is CCCCCCCCCCCCCCNC(=O)c1n(C(O)O)n2nc(C)c(C)c2[n+]1C.Cc1c(C(C)O)[nH]n2c1nc1ccccc12. The first-order valence-corrected chi connectivity index (χ1v) is 17.3. The van der Waals surface area contributed by atoms with Gasteiger partial charge in [-0.1, -0.05) is 99.5 Å². The van der Waals surface area contributed by atoms with Gasteiger partial charge in [0, 0.05) is 12.1 Å². The second-order valence-electron chi connectivity index (χ2n) is 12.7. The van der Waals surface area contributed by atoms with Gasteiger partial charge in [-0.25, -0.2) is 14.1 Å². The maximum atomic E-state index is 12.7. The predicted molar refractivity (Wildman–Crippen MR) is 183 cm³/mol. The zero-order valence-electron chi connectivity index (χ0n) is 29.1. The summed E-state index contributed by atoms with van der Waals surface area (Å²) in [4.78, 5) is 17.3. The van der Waals surface area contributed by atoms with Crippen molar-refractivity contribution in [2.75, 3.05) is 6.54 Å². The van der Waals surface area contributed by atoms with Crippen LogP contribution >= 0.6 is 0 Å². The maximum absolute atomic E-state index is 12.7. The molecule has 0 bridgehead atoms. The molecule has 258 valence electrons. The van der Waals surface area contributed by atoms with Crippen molar-refractivity contribution in [3.05, 3.63) is 52.6 Å². The highest BCUT2D eigenvalue weighted by molar-refractivity contribution is 5.89. The molecule has 0 aliphatic carbocycles. The summed E-state index contributed by atoms with van der Waals surface area (Å²) in [6.07, 6.45) is 12.9. The fraction of sp³-hybridized carbons (Fsp3) is 0.600. The number of nitrogens with zero attached hydrogens (tertiary/aromatic N) is 6. The number of aliphatic hydroxyl groups excluding tert-OH is 2. The first kappa shape index (κ1) is 36.1. The maximum Gasteiger partial charge on any atom is 0.330 e. The highest BCUT2D eigenvalue weighted by Gasteiger charge is 2.34. The lowest BCUT2D eigenvalue weighted by Crippen LogP contribution is -2.42. The molecule has 1 atom stereocenters. The lowest BCUT2D eigenvalue weighted by atomic mass is 10.1. The monoisotopic (exact) mass is 651 g/mol. The number of rotatable bonds is 16. The topological polar surface area (TPSA) is 149 Å². The lowest BCUT2D eigenvalue weighted by Gasteiger charge is -2.06. The summed E-state index contributed by atoms with van der Waals surface area (Å²) in [6, 6.07) is 7.95. The Labute approximate surface area is 277 Å². The minimum atomic E-state index is -1.85. The van der Waals surface area contributed by atoms with Crippen LogP contribution in [0.5, 0.6) is 0 Å². The number of nitrogens with one attached hydrogen (secondary N) is 2. The molecule has 0 radical (unpaired) electrons. The second-order valence-corrected chi connectivity index (χ2v) is 12.7. The van der Waals surface area contributed by atoms with E-state index in [9.17, 15) is 20.1 Å². The van der Waals surface area contributed by atoms with Crippen LogP contribution in [0.15, 0.2) is 24.3 Å². The van der Waals surface area contributed by atoms with Crippen LogP contribution in [0.4, 0.5) is 0 Å². The van der Waals surface area contributed by atoms with Gasteiger partial charge in [0.1, 0.15) is 0 Å². The number of hydrogen-bond donors (Lipinski definition) is 5. The molecule has 0 saturated carbocycles. The molecule has 5 rings (SSSR count). The standard InChI is InChI=1S/C23H41N5O3.C12H13N3O/c1-5-6-7-8-9-10-11-12-13-14-15-16-17-24-20(29)22-26(4)21-18(2)19(3)25-28(21)27(22)23(30)31;1-7-11(8(2)16)14-15-10-6-4-3-5-9(10)13-12(7)15/h23,30-31H,5-17H2,1-4H3;3-6,8,14,16H,1-2H3/p+1. The van der Waals surface area contributed by atoms with Crippen molar-refractivity contribution in [3.8, 4) is 0 Å². The Kier molecular flexibility index (Phi) is 13.0. The van der Waals surface area contributed by atoms with Crippen LogP contribution < -0.4 is 9.88 Å². The Morgan fingerprint density at radius 2 is 1.51 bits per heavy atom. The Bertz CT molecular complexity index is 1740. The summed E-state index contributed by atoms with van der Waals surface area (Å²) in [7, 11) is 1.74. The number of unbranched alkanes of at least 4 members (excludes halogenated alkanes) is 11. The average molecular weight is 652 g/mol. The van der Waals surface area contributed by atoms with E-state index in [0.717, 1.165) is 56.7 Å². The van der Waals surface area contributed by atoms with Crippen LogP contribution in [-0.4, -0.2) is 56.8 Å². The van der Waals surface area contributed by atoms with Crippen molar-refractivity contribution in [1.29, 1.82) is 0 Å². The third-order valence-corrected chi connectivity index (χ3v) is 9.06. The summed E-state index contributed by atoms with van der Waals surface area (Å²) in [5.74, 6) is -0.166. The van der Waals surface area contributed by atoms with Gasteiger partial charge in [0.05, 0.1) is 41.1 Å². The number of H-pyrrole nitrogens is 1. The number of aryl methyl sites for hydroxylation is 4. The van der Waals surface area contributed by atoms with E-state index in [-0.39, 0.29) is 11.7 Å². The van der Waals surface area contributed by atoms with E-state index in [1.165, 1.54) is 68.8 Å². The number of aromatic nitrogens is 7. The van der Waals surface area contributed by atoms with Gasteiger partial charge in [-0.15, -0.1) is 0 Å². The Morgan fingerprint density at radius 1 is 0.915 bits per heavy atom. The normalized spacial score (nSPS) is 12.4. The van der Waals surface area contributed by atoms with Crippen molar-refractivity contribution in [1.82, 2.24) is 34.3 Å². The summed E-state index contributed by atoms with van der Waals surface area (Å²) < 4.78 is 6.07. The molecule has 4 heterocycles. The quantitative estimate of drug-likeness (QED) is 0.0531. The van der Waals surface area contributed by atoms with Crippen molar-refractivity contribution in [2.24, 2.45) is 7.05 Å². The van der Waals surface area contributed by atoms with Gasteiger partial charge in [0.15, 0.2) is 5.65 Å². The number of para-hydroxylation sites is 2. The molecule has 1 unspecified atom stereocenters. The van der Waals surface area contributed by atoms with Gasteiger partial charge in [0.25, 0.3) is 5.65 Å². The van der Waals surface area contributed by atoms with Gasteiger partial charge in [-0.3, -0.25) is 9.89 Å². The third kappa shape index (κ3) is 8.41. The van der Waals surface area contributed by atoms with Gasteiger partial charge >= 0.3 is 18.1 Å². The van der Waals surface area contributed by atoms with Crippen LogP contribution in [-0.2, 0) is 7.05 Å². The molecule has 0 saturated heterocycles. The number of imidazole rings is 1. The summed E-state index contributed by atoms with van der Waals surface area (Å²) in [5.41, 5.74) is 7.07. The zero-order valence-corrected chi connectivity index (χ0v) is 29.1. The van der Waals surface area contributed by atoms with E-state index < -0.39 is 12.5 Å². The van der Waals surface area contributed by atoms with E-state index in [1.54, 1.807) is 18.5 Å².